The number of ketones is 1. The second-order valence-corrected chi connectivity index (χ2v) is 11.4. The lowest BCUT2D eigenvalue weighted by molar-refractivity contribution is -0.163. The van der Waals surface area contributed by atoms with Crippen LogP contribution in [0.15, 0.2) is 0 Å². The van der Waals surface area contributed by atoms with Crippen LogP contribution in [0.1, 0.15) is 71.6 Å². The minimum absolute atomic E-state index is 0.223. The zero-order valence-corrected chi connectivity index (χ0v) is 18.9. The quantitative estimate of drug-likeness (QED) is 0.626. The van der Waals surface area contributed by atoms with Gasteiger partial charge in [0.15, 0.2) is 0 Å². The molecule has 1 N–H and O–H groups in total. The van der Waals surface area contributed by atoms with Gasteiger partial charge in [-0.15, -0.1) is 0 Å². The summed E-state index contributed by atoms with van der Waals surface area (Å²) in [5.74, 6) is 3.61. The molecule has 27 heavy (non-hydrogen) atoms. The number of aliphatic hydroxyl groups is 1. The molecule has 4 aliphatic rings. The van der Waals surface area contributed by atoms with Crippen molar-refractivity contribution in [3.8, 4) is 0 Å². The SMILES string of the molecule is COC[C@@]1(O)CC[C@]2(C)C3CC[C@@]4(C)C(CC[C@@H]4C(=O)CBr)C3CC[C@H]2C1. The van der Waals surface area contributed by atoms with E-state index in [0.717, 1.165) is 43.4 Å². The molecule has 0 radical (unpaired) electrons. The molecule has 4 rings (SSSR count). The number of carbonyl (C=O) groups excluding carboxylic acids is 1. The first kappa shape index (κ1) is 20.3. The Labute approximate surface area is 173 Å². The highest BCUT2D eigenvalue weighted by molar-refractivity contribution is 9.09. The molecule has 0 aromatic heterocycles. The molecule has 4 aliphatic carbocycles. The Morgan fingerprint density at radius 3 is 2.48 bits per heavy atom. The van der Waals surface area contributed by atoms with Gasteiger partial charge in [0, 0.05) is 13.0 Å². The van der Waals surface area contributed by atoms with Gasteiger partial charge in [-0.3, -0.25) is 4.79 Å². The van der Waals surface area contributed by atoms with Gasteiger partial charge in [-0.1, -0.05) is 29.8 Å². The highest BCUT2D eigenvalue weighted by atomic mass is 79.9. The van der Waals surface area contributed by atoms with Crippen LogP contribution >= 0.6 is 15.9 Å². The Hall–Kier alpha value is 0.0700. The number of hydrogen-bond acceptors (Lipinski definition) is 3. The zero-order valence-electron chi connectivity index (χ0n) is 17.3. The standard InChI is InChI=1S/C23H37BrO3/c1-21-10-11-23(26,14-27-3)12-15(21)4-5-16-17-6-7-19(20(25)13-24)22(17,2)9-8-18(16)21/h15-19,26H,4-14H2,1-3H3/t15-,16?,17?,18?,19+,21-,22-,23+/m0/s1. The fraction of sp³-hybridized carbons (Fsp3) is 0.957. The molecule has 4 fully saturated rings. The van der Waals surface area contributed by atoms with E-state index in [4.69, 9.17) is 4.74 Å². The van der Waals surface area contributed by atoms with E-state index in [1.807, 2.05) is 0 Å². The Morgan fingerprint density at radius 2 is 1.78 bits per heavy atom. The van der Waals surface area contributed by atoms with E-state index in [9.17, 15) is 9.90 Å². The predicted molar refractivity (Wildman–Crippen MR) is 111 cm³/mol. The molecule has 0 saturated heterocycles. The summed E-state index contributed by atoms with van der Waals surface area (Å²) in [6.07, 6.45) is 10.3. The maximum atomic E-state index is 12.6. The van der Waals surface area contributed by atoms with Crippen molar-refractivity contribution in [3.63, 3.8) is 0 Å². The summed E-state index contributed by atoms with van der Waals surface area (Å²) >= 11 is 3.43. The topological polar surface area (TPSA) is 46.5 Å². The van der Waals surface area contributed by atoms with Crippen molar-refractivity contribution in [3.05, 3.63) is 0 Å². The molecule has 0 aromatic carbocycles. The molecule has 154 valence electrons. The first-order valence-electron chi connectivity index (χ1n) is 11.1. The van der Waals surface area contributed by atoms with Gasteiger partial charge in [-0.25, -0.2) is 0 Å². The fourth-order valence-electron chi connectivity index (χ4n) is 8.34. The third-order valence-corrected chi connectivity index (χ3v) is 10.3. The lowest BCUT2D eigenvalue weighted by Gasteiger charge is -2.62. The fourth-order valence-corrected chi connectivity index (χ4v) is 8.74. The molecule has 3 nitrogen and oxygen atoms in total. The molecule has 3 unspecified atom stereocenters. The van der Waals surface area contributed by atoms with Crippen molar-refractivity contribution >= 4 is 21.7 Å². The van der Waals surface area contributed by atoms with Crippen molar-refractivity contribution in [2.24, 2.45) is 40.4 Å². The van der Waals surface area contributed by atoms with E-state index in [2.05, 4.69) is 29.8 Å². The van der Waals surface area contributed by atoms with Crippen LogP contribution in [0.3, 0.4) is 0 Å². The molecule has 4 saturated carbocycles. The van der Waals surface area contributed by atoms with Crippen LogP contribution in [-0.4, -0.2) is 35.5 Å². The van der Waals surface area contributed by atoms with Crippen molar-refractivity contribution in [1.29, 1.82) is 0 Å². The molecule has 0 spiro atoms. The summed E-state index contributed by atoms with van der Waals surface area (Å²) in [6, 6.07) is 0. The minimum atomic E-state index is -0.615. The van der Waals surface area contributed by atoms with Crippen molar-refractivity contribution in [2.75, 3.05) is 19.0 Å². The number of Topliss-reactive ketones (excluding diaryl/α,β-unsaturated/α-hetero) is 1. The number of carbonyl (C=O) groups is 1. The largest absolute Gasteiger partial charge is 0.387 e. The maximum Gasteiger partial charge on any atom is 0.147 e. The highest BCUT2D eigenvalue weighted by Gasteiger charge is 2.61. The van der Waals surface area contributed by atoms with Crippen molar-refractivity contribution in [2.45, 2.75) is 77.2 Å². The normalized spacial score (nSPS) is 52.0. The van der Waals surface area contributed by atoms with E-state index in [1.165, 1.54) is 32.1 Å². The predicted octanol–water partition coefficient (Wildman–Crippen LogP) is 4.99. The number of ether oxygens (including phenoxy) is 1. The Kier molecular flexibility index (Phi) is 5.34. The van der Waals surface area contributed by atoms with Gasteiger partial charge in [0.05, 0.1) is 17.5 Å². The molecule has 8 atom stereocenters. The van der Waals surface area contributed by atoms with Gasteiger partial charge in [0.1, 0.15) is 5.78 Å². The van der Waals surface area contributed by atoms with E-state index in [-0.39, 0.29) is 11.3 Å². The van der Waals surface area contributed by atoms with Gasteiger partial charge in [-0.05, 0) is 92.3 Å². The van der Waals surface area contributed by atoms with Crippen LogP contribution in [0, 0.1) is 40.4 Å². The number of rotatable bonds is 4. The minimum Gasteiger partial charge on any atom is -0.387 e. The number of hydrogen-bond donors (Lipinski definition) is 1. The van der Waals surface area contributed by atoms with Crippen LogP contribution < -0.4 is 0 Å². The molecular weight excluding hydrogens is 404 g/mol. The molecule has 0 heterocycles. The van der Waals surface area contributed by atoms with Gasteiger partial charge in [-0.2, -0.15) is 0 Å². The van der Waals surface area contributed by atoms with Gasteiger partial charge >= 0.3 is 0 Å². The zero-order chi connectivity index (χ0) is 19.4. The lowest BCUT2D eigenvalue weighted by atomic mass is 9.44. The second kappa shape index (κ2) is 7.09. The summed E-state index contributed by atoms with van der Waals surface area (Å²) < 4.78 is 5.33. The molecule has 0 bridgehead atoms. The average Bonchev–Trinajstić information content (AvgIpc) is 2.99. The van der Waals surface area contributed by atoms with Crippen LogP contribution in [0.5, 0.6) is 0 Å². The first-order chi connectivity index (χ1) is 12.8. The van der Waals surface area contributed by atoms with E-state index in [1.54, 1.807) is 7.11 Å². The molecule has 0 amide bonds. The number of fused-ring (bicyclic) bond motifs is 5. The maximum absolute atomic E-state index is 12.6. The summed E-state index contributed by atoms with van der Waals surface area (Å²) in [5, 5.41) is 11.5. The molecule has 0 aliphatic heterocycles. The smallest absolute Gasteiger partial charge is 0.147 e. The summed E-state index contributed by atoms with van der Waals surface area (Å²) in [4.78, 5) is 12.6. The summed E-state index contributed by atoms with van der Waals surface area (Å²) in [5.41, 5.74) is -0.0297. The third kappa shape index (κ3) is 3.08. The van der Waals surface area contributed by atoms with Crippen LogP contribution in [0.25, 0.3) is 0 Å². The number of halogens is 1. The molecular formula is C23H37BrO3. The second-order valence-electron chi connectivity index (χ2n) is 10.8. The average molecular weight is 441 g/mol. The van der Waals surface area contributed by atoms with Crippen LogP contribution in [-0.2, 0) is 9.53 Å². The molecule has 0 aromatic rings. The van der Waals surface area contributed by atoms with Crippen molar-refractivity contribution < 1.29 is 14.6 Å². The third-order valence-electron chi connectivity index (χ3n) is 9.75. The van der Waals surface area contributed by atoms with Crippen molar-refractivity contribution in [1.82, 2.24) is 0 Å². The lowest BCUT2D eigenvalue weighted by Crippen LogP contribution is -2.56. The summed E-state index contributed by atoms with van der Waals surface area (Å²) in [6.45, 7) is 5.43. The highest BCUT2D eigenvalue weighted by Crippen LogP contribution is 2.68. The van der Waals surface area contributed by atoms with E-state index >= 15 is 0 Å². The van der Waals surface area contributed by atoms with Crippen LogP contribution in [0.4, 0.5) is 0 Å². The monoisotopic (exact) mass is 440 g/mol. The Balaban J connectivity index is 1.55. The number of methoxy groups -OCH3 is 1. The summed E-state index contributed by atoms with van der Waals surface area (Å²) in [7, 11) is 1.70. The first-order valence-corrected chi connectivity index (χ1v) is 12.2. The van der Waals surface area contributed by atoms with Gasteiger partial charge < -0.3 is 9.84 Å². The number of alkyl halides is 1. The van der Waals surface area contributed by atoms with E-state index < -0.39 is 5.60 Å². The Bertz CT molecular complexity index is 594. The van der Waals surface area contributed by atoms with E-state index in [0.29, 0.717) is 29.1 Å². The van der Waals surface area contributed by atoms with Crippen LogP contribution in [0.2, 0.25) is 0 Å². The van der Waals surface area contributed by atoms with Gasteiger partial charge in [0.25, 0.3) is 0 Å². The Morgan fingerprint density at radius 1 is 1.04 bits per heavy atom. The molecule has 4 heteroatoms. The van der Waals surface area contributed by atoms with Gasteiger partial charge in [0.2, 0.25) is 0 Å².